The Labute approximate surface area is 112 Å². The van der Waals surface area contributed by atoms with E-state index < -0.39 is 16.9 Å². The van der Waals surface area contributed by atoms with E-state index in [9.17, 15) is 14.9 Å². The van der Waals surface area contributed by atoms with Crippen molar-refractivity contribution in [3.05, 3.63) is 32.8 Å². The number of non-ortho nitro benzene ring substituents is 1. The van der Waals surface area contributed by atoms with Gasteiger partial charge in [-0.05, 0) is 27.9 Å². The molecule has 0 heterocycles. The topological polar surface area (TPSA) is 92.5 Å². The van der Waals surface area contributed by atoms with Crippen LogP contribution in [-0.2, 0) is 4.79 Å². The Hall–Kier alpha value is -1.63. The lowest BCUT2D eigenvalue weighted by molar-refractivity contribution is -0.384. The van der Waals surface area contributed by atoms with Crippen LogP contribution in [0.1, 0.15) is 13.8 Å². The molecule has 0 aliphatic heterocycles. The van der Waals surface area contributed by atoms with Crippen LogP contribution < -0.4 is 5.32 Å². The fourth-order valence-electron chi connectivity index (χ4n) is 1.42. The Morgan fingerprint density at radius 2 is 2.11 bits per heavy atom. The van der Waals surface area contributed by atoms with Gasteiger partial charge in [-0.25, -0.2) is 4.79 Å². The van der Waals surface area contributed by atoms with Gasteiger partial charge in [-0.15, -0.1) is 0 Å². The maximum atomic E-state index is 11.0. The summed E-state index contributed by atoms with van der Waals surface area (Å²) in [7, 11) is 0. The summed E-state index contributed by atoms with van der Waals surface area (Å²) in [6.07, 6.45) is 0. The van der Waals surface area contributed by atoms with Gasteiger partial charge in [0.15, 0.2) is 0 Å². The third kappa shape index (κ3) is 3.43. The fraction of sp³-hybridized carbons (Fsp3) is 0.364. The predicted octanol–water partition coefficient (Wildman–Crippen LogP) is 2.88. The number of hydrogen-bond donors (Lipinski definition) is 2. The number of aliphatic carboxylic acids is 1. The summed E-state index contributed by atoms with van der Waals surface area (Å²) in [5, 5.41) is 22.5. The third-order valence-corrected chi connectivity index (χ3v) is 3.06. The van der Waals surface area contributed by atoms with E-state index >= 15 is 0 Å². The average molecular weight is 317 g/mol. The van der Waals surface area contributed by atoms with Gasteiger partial charge >= 0.3 is 5.97 Å². The molecule has 0 spiro atoms. The standard InChI is InChI=1S/C11H13BrN2O4/c1-6(2)10(11(15)16)13-9-4-3-7(14(17)18)5-8(9)12/h3-6,10,13H,1-2H3,(H,15,16)/t10-/m0/s1. The zero-order chi connectivity index (χ0) is 13.9. The molecule has 18 heavy (non-hydrogen) atoms. The number of benzene rings is 1. The second kappa shape index (κ2) is 5.81. The number of nitro benzene ring substituents is 1. The van der Waals surface area contributed by atoms with Crippen molar-refractivity contribution in [3.8, 4) is 0 Å². The lowest BCUT2D eigenvalue weighted by Crippen LogP contribution is -2.34. The Morgan fingerprint density at radius 1 is 1.50 bits per heavy atom. The van der Waals surface area contributed by atoms with Crippen molar-refractivity contribution >= 4 is 33.3 Å². The van der Waals surface area contributed by atoms with E-state index in [2.05, 4.69) is 21.2 Å². The molecule has 0 fully saturated rings. The van der Waals surface area contributed by atoms with Crippen LogP contribution in [0.15, 0.2) is 22.7 Å². The summed E-state index contributed by atoms with van der Waals surface area (Å²) in [6, 6.07) is 3.40. The molecule has 0 radical (unpaired) electrons. The first kappa shape index (κ1) is 14.4. The minimum absolute atomic E-state index is 0.0520. The van der Waals surface area contributed by atoms with E-state index in [0.29, 0.717) is 10.2 Å². The molecule has 0 aromatic heterocycles. The molecule has 0 bridgehead atoms. The molecule has 0 amide bonds. The largest absolute Gasteiger partial charge is 0.480 e. The van der Waals surface area contributed by atoms with Gasteiger partial charge in [-0.2, -0.15) is 0 Å². The fourth-order valence-corrected chi connectivity index (χ4v) is 1.90. The monoisotopic (exact) mass is 316 g/mol. The van der Waals surface area contributed by atoms with Gasteiger partial charge in [0, 0.05) is 22.3 Å². The molecule has 1 aromatic carbocycles. The molecule has 1 rings (SSSR count). The van der Waals surface area contributed by atoms with Gasteiger partial charge in [0.05, 0.1) is 4.92 Å². The van der Waals surface area contributed by atoms with Crippen molar-refractivity contribution in [2.45, 2.75) is 19.9 Å². The lowest BCUT2D eigenvalue weighted by Gasteiger charge is -2.19. The molecule has 7 heteroatoms. The van der Waals surface area contributed by atoms with E-state index in [1.165, 1.54) is 18.2 Å². The zero-order valence-corrected chi connectivity index (χ0v) is 11.5. The first-order valence-electron chi connectivity index (χ1n) is 5.26. The number of nitrogens with zero attached hydrogens (tertiary/aromatic N) is 1. The highest BCUT2D eigenvalue weighted by atomic mass is 79.9. The molecule has 0 aliphatic rings. The number of nitrogens with one attached hydrogen (secondary N) is 1. The first-order chi connectivity index (χ1) is 8.32. The van der Waals surface area contributed by atoms with E-state index in [-0.39, 0.29) is 11.6 Å². The van der Waals surface area contributed by atoms with Crippen LogP contribution in [0, 0.1) is 16.0 Å². The summed E-state index contributed by atoms with van der Waals surface area (Å²) in [5.74, 6) is -1.07. The summed E-state index contributed by atoms with van der Waals surface area (Å²) >= 11 is 3.18. The summed E-state index contributed by atoms with van der Waals surface area (Å²) in [5.41, 5.74) is 0.463. The van der Waals surface area contributed by atoms with Gasteiger partial charge < -0.3 is 10.4 Å². The second-order valence-electron chi connectivity index (χ2n) is 4.13. The molecule has 1 atom stereocenters. The second-order valence-corrected chi connectivity index (χ2v) is 4.98. The summed E-state index contributed by atoms with van der Waals surface area (Å²) in [6.45, 7) is 3.57. The maximum absolute atomic E-state index is 11.0. The van der Waals surface area contributed by atoms with E-state index in [4.69, 9.17) is 5.11 Å². The van der Waals surface area contributed by atoms with Crippen LogP contribution in [0.4, 0.5) is 11.4 Å². The highest BCUT2D eigenvalue weighted by Crippen LogP contribution is 2.28. The summed E-state index contributed by atoms with van der Waals surface area (Å²) in [4.78, 5) is 21.1. The van der Waals surface area contributed by atoms with Crippen molar-refractivity contribution in [2.24, 2.45) is 5.92 Å². The number of halogens is 1. The van der Waals surface area contributed by atoms with E-state index in [1.807, 2.05) is 0 Å². The number of carboxylic acid groups (broad SMARTS) is 1. The molecule has 2 N–H and O–H groups in total. The minimum atomic E-state index is -0.963. The molecule has 0 aliphatic carbocycles. The highest BCUT2D eigenvalue weighted by Gasteiger charge is 2.22. The van der Waals surface area contributed by atoms with Crippen LogP contribution in [0.25, 0.3) is 0 Å². The van der Waals surface area contributed by atoms with Crippen molar-refractivity contribution in [2.75, 3.05) is 5.32 Å². The van der Waals surface area contributed by atoms with E-state index in [1.54, 1.807) is 13.8 Å². The quantitative estimate of drug-likeness (QED) is 0.643. The number of carbonyl (C=O) groups is 1. The van der Waals surface area contributed by atoms with Crippen LogP contribution in [0.3, 0.4) is 0 Å². The molecule has 0 saturated heterocycles. The smallest absolute Gasteiger partial charge is 0.326 e. The van der Waals surface area contributed by atoms with Crippen LogP contribution >= 0.6 is 15.9 Å². The zero-order valence-electron chi connectivity index (χ0n) is 9.88. The number of hydrogen-bond acceptors (Lipinski definition) is 4. The number of anilines is 1. The Morgan fingerprint density at radius 3 is 2.50 bits per heavy atom. The molecule has 98 valence electrons. The number of rotatable bonds is 5. The Balaban J connectivity index is 2.97. The SMILES string of the molecule is CC(C)[C@H](Nc1ccc([N+](=O)[O-])cc1Br)C(=O)O. The molecule has 0 unspecified atom stereocenters. The third-order valence-electron chi connectivity index (χ3n) is 2.41. The van der Waals surface area contributed by atoms with Crippen LogP contribution in [0.5, 0.6) is 0 Å². The lowest BCUT2D eigenvalue weighted by atomic mass is 10.0. The predicted molar refractivity (Wildman–Crippen MR) is 70.7 cm³/mol. The van der Waals surface area contributed by atoms with Gasteiger partial charge in [-0.3, -0.25) is 10.1 Å². The summed E-state index contributed by atoms with van der Waals surface area (Å²) < 4.78 is 0.462. The van der Waals surface area contributed by atoms with Gasteiger partial charge in [0.25, 0.3) is 5.69 Å². The minimum Gasteiger partial charge on any atom is -0.480 e. The van der Waals surface area contributed by atoms with Crippen LogP contribution in [0.2, 0.25) is 0 Å². The van der Waals surface area contributed by atoms with Crippen LogP contribution in [-0.4, -0.2) is 22.0 Å². The Kier molecular flexibility index (Phi) is 4.66. The molecule has 1 aromatic rings. The first-order valence-corrected chi connectivity index (χ1v) is 6.05. The Bertz CT molecular complexity index is 476. The number of nitro groups is 1. The normalized spacial score (nSPS) is 12.2. The van der Waals surface area contributed by atoms with Crippen molar-refractivity contribution < 1.29 is 14.8 Å². The van der Waals surface area contributed by atoms with E-state index in [0.717, 1.165) is 0 Å². The molecular weight excluding hydrogens is 304 g/mol. The molecule has 6 nitrogen and oxygen atoms in total. The maximum Gasteiger partial charge on any atom is 0.326 e. The van der Waals surface area contributed by atoms with Gasteiger partial charge in [0.1, 0.15) is 6.04 Å². The van der Waals surface area contributed by atoms with Gasteiger partial charge in [-0.1, -0.05) is 13.8 Å². The highest BCUT2D eigenvalue weighted by molar-refractivity contribution is 9.10. The van der Waals surface area contributed by atoms with Crippen molar-refractivity contribution in [1.82, 2.24) is 0 Å². The number of carboxylic acids is 1. The van der Waals surface area contributed by atoms with Crippen molar-refractivity contribution in [3.63, 3.8) is 0 Å². The molecule has 0 saturated carbocycles. The van der Waals surface area contributed by atoms with Crippen molar-refractivity contribution in [1.29, 1.82) is 0 Å². The average Bonchev–Trinajstić information content (AvgIpc) is 2.25. The van der Waals surface area contributed by atoms with Gasteiger partial charge in [0.2, 0.25) is 0 Å². The molecular formula is C11H13BrN2O4.